The summed E-state index contributed by atoms with van der Waals surface area (Å²) in [5, 5.41) is 2.15. The Hall–Kier alpha value is -1.09. The lowest BCUT2D eigenvalue weighted by Crippen LogP contribution is -2.20. The van der Waals surface area contributed by atoms with Crippen LogP contribution in [0, 0.1) is 6.92 Å². The molecule has 0 aliphatic carbocycles. The molecule has 1 N–H and O–H groups in total. The first-order valence-electron chi connectivity index (χ1n) is 3.97. The number of nitrogens with zero attached hydrogens (tertiary/aromatic N) is 1. The number of aromatic nitrogens is 1. The van der Waals surface area contributed by atoms with Crippen LogP contribution in [0.25, 0.3) is 0 Å². The molecular formula is C9H11ClN2O. The number of halogens is 1. The minimum absolute atomic E-state index is 0.210. The standard InChI is InChI=1S/C9H11ClN2O/c1-6-3-4-11-5-8(6)12-9(13)7(2)10/h3-5,7H,1-2H3,(H,12,13). The van der Waals surface area contributed by atoms with E-state index in [1.807, 2.05) is 13.0 Å². The third-order valence-corrected chi connectivity index (χ3v) is 1.86. The van der Waals surface area contributed by atoms with E-state index < -0.39 is 5.38 Å². The molecule has 1 aromatic heterocycles. The minimum Gasteiger partial charge on any atom is -0.323 e. The Balaban J connectivity index is 2.75. The zero-order chi connectivity index (χ0) is 9.84. The zero-order valence-corrected chi connectivity index (χ0v) is 8.30. The van der Waals surface area contributed by atoms with E-state index in [0.717, 1.165) is 5.56 Å². The van der Waals surface area contributed by atoms with Gasteiger partial charge in [-0.05, 0) is 25.5 Å². The third-order valence-electron chi connectivity index (χ3n) is 1.66. The molecule has 1 rings (SSSR count). The number of anilines is 1. The maximum absolute atomic E-state index is 11.2. The third kappa shape index (κ3) is 2.70. The normalized spacial score (nSPS) is 12.2. The van der Waals surface area contributed by atoms with Crippen LogP contribution in [0.2, 0.25) is 0 Å². The van der Waals surface area contributed by atoms with Gasteiger partial charge in [-0.15, -0.1) is 11.6 Å². The van der Waals surface area contributed by atoms with Crippen LogP contribution in [0.15, 0.2) is 18.5 Å². The van der Waals surface area contributed by atoms with Gasteiger partial charge in [-0.2, -0.15) is 0 Å². The molecule has 1 aromatic rings. The van der Waals surface area contributed by atoms with Gasteiger partial charge < -0.3 is 5.32 Å². The Kier molecular flexibility index (Phi) is 3.25. The van der Waals surface area contributed by atoms with Crippen molar-refractivity contribution in [3.05, 3.63) is 24.0 Å². The fraction of sp³-hybridized carbons (Fsp3) is 0.333. The van der Waals surface area contributed by atoms with Crippen molar-refractivity contribution >= 4 is 23.2 Å². The summed E-state index contributed by atoms with van der Waals surface area (Å²) >= 11 is 5.60. The molecule has 0 aliphatic heterocycles. The molecule has 0 aliphatic rings. The number of hydrogen-bond acceptors (Lipinski definition) is 2. The SMILES string of the molecule is Cc1ccncc1NC(=O)C(C)Cl. The molecule has 3 nitrogen and oxygen atoms in total. The van der Waals surface area contributed by atoms with Crippen molar-refractivity contribution in [1.29, 1.82) is 0 Å². The van der Waals surface area contributed by atoms with Crippen LogP contribution in [0.1, 0.15) is 12.5 Å². The van der Waals surface area contributed by atoms with Crippen LogP contribution in [0.3, 0.4) is 0 Å². The number of rotatable bonds is 2. The number of hydrogen-bond donors (Lipinski definition) is 1. The van der Waals surface area contributed by atoms with Gasteiger partial charge in [-0.25, -0.2) is 0 Å². The number of amides is 1. The van der Waals surface area contributed by atoms with Gasteiger partial charge in [0.05, 0.1) is 11.9 Å². The number of carbonyl (C=O) groups excluding carboxylic acids is 1. The van der Waals surface area contributed by atoms with Crippen LogP contribution in [-0.4, -0.2) is 16.3 Å². The van der Waals surface area contributed by atoms with Crippen molar-refractivity contribution in [2.45, 2.75) is 19.2 Å². The van der Waals surface area contributed by atoms with Gasteiger partial charge in [-0.1, -0.05) is 0 Å². The summed E-state index contributed by atoms with van der Waals surface area (Å²) in [6, 6.07) is 1.83. The first-order chi connectivity index (χ1) is 6.11. The van der Waals surface area contributed by atoms with Crippen LogP contribution in [0.5, 0.6) is 0 Å². The predicted molar refractivity (Wildman–Crippen MR) is 52.9 cm³/mol. The Labute approximate surface area is 82.1 Å². The molecule has 0 fully saturated rings. The molecule has 0 saturated heterocycles. The second-order valence-electron chi connectivity index (χ2n) is 2.80. The molecule has 1 atom stereocenters. The van der Waals surface area contributed by atoms with E-state index in [2.05, 4.69) is 10.3 Å². The summed E-state index contributed by atoms with van der Waals surface area (Å²) in [5.41, 5.74) is 1.68. The topological polar surface area (TPSA) is 42.0 Å². The van der Waals surface area contributed by atoms with Gasteiger partial charge in [0.15, 0.2) is 0 Å². The fourth-order valence-corrected chi connectivity index (χ4v) is 0.882. The van der Waals surface area contributed by atoms with Gasteiger partial charge in [0.25, 0.3) is 0 Å². The van der Waals surface area contributed by atoms with Crippen LogP contribution >= 0.6 is 11.6 Å². The quantitative estimate of drug-likeness (QED) is 0.739. The summed E-state index contributed by atoms with van der Waals surface area (Å²) in [7, 11) is 0. The highest BCUT2D eigenvalue weighted by atomic mass is 35.5. The number of nitrogens with one attached hydrogen (secondary N) is 1. The number of pyridine rings is 1. The van der Waals surface area contributed by atoms with Gasteiger partial charge in [0, 0.05) is 6.20 Å². The average Bonchev–Trinajstić information content (AvgIpc) is 2.08. The highest BCUT2D eigenvalue weighted by Crippen LogP contribution is 2.12. The summed E-state index contributed by atoms with van der Waals surface area (Å²) in [5.74, 6) is -0.210. The largest absolute Gasteiger partial charge is 0.323 e. The van der Waals surface area contributed by atoms with Crippen molar-refractivity contribution in [3.63, 3.8) is 0 Å². The van der Waals surface area contributed by atoms with E-state index in [1.165, 1.54) is 0 Å². The first kappa shape index (κ1) is 9.99. The van der Waals surface area contributed by atoms with E-state index in [9.17, 15) is 4.79 Å². The molecule has 0 bridgehead atoms. The Morgan fingerprint density at radius 2 is 2.38 bits per heavy atom. The van der Waals surface area contributed by atoms with Crippen LogP contribution < -0.4 is 5.32 Å². The number of alkyl halides is 1. The lowest BCUT2D eigenvalue weighted by atomic mass is 10.2. The maximum atomic E-state index is 11.2. The summed E-state index contributed by atoms with van der Waals surface area (Å²) < 4.78 is 0. The van der Waals surface area contributed by atoms with E-state index in [-0.39, 0.29) is 5.91 Å². The van der Waals surface area contributed by atoms with Crippen molar-refractivity contribution in [1.82, 2.24) is 4.98 Å². The summed E-state index contributed by atoms with van der Waals surface area (Å²) in [6.45, 7) is 3.53. The van der Waals surface area contributed by atoms with Crippen molar-refractivity contribution < 1.29 is 4.79 Å². The van der Waals surface area contributed by atoms with E-state index in [0.29, 0.717) is 5.69 Å². The van der Waals surface area contributed by atoms with Gasteiger partial charge in [0.2, 0.25) is 5.91 Å². The Bertz CT molecular complexity index is 312. The molecule has 0 aromatic carbocycles. The van der Waals surface area contributed by atoms with Crippen molar-refractivity contribution in [2.24, 2.45) is 0 Å². The monoisotopic (exact) mass is 198 g/mol. The molecule has 0 radical (unpaired) electrons. The first-order valence-corrected chi connectivity index (χ1v) is 4.40. The van der Waals surface area contributed by atoms with Gasteiger partial charge in [0.1, 0.15) is 5.38 Å². The molecule has 70 valence electrons. The second kappa shape index (κ2) is 4.23. The Morgan fingerprint density at radius 1 is 1.69 bits per heavy atom. The number of aryl methyl sites for hydroxylation is 1. The molecular weight excluding hydrogens is 188 g/mol. The molecule has 13 heavy (non-hydrogen) atoms. The highest BCUT2D eigenvalue weighted by molar-refractivity contribution is 6.32. The molecule has 4 heteroatoms. The zero-order valence-electron chi connectivity index (χ0n) is 7.54. The lowest BCUT2D eigenvalue weighted by molar-refractivity contribution is -0.115. The molecule has 1 heterocycles. The van der Waals surface area contributed by atoms with Crippen molar-refractivity contribution in [3.8, 4) is 0 Å². The number of carbonyl (C=O) groups is 1. The predicted octanol–water partition coefficient (Wildman–Crippen LogP) is 1.96. The maximum Gasteiger partial charge on any atom is 0.242 e. The molecule has 1 unspecified atom stereocenters. The average molecular weight is 199 g/mol. The Morgan fingerprint density at radius 3 is 2.92 bits per heavy atom. The van der Waals surface area contributed by atoms with Crippen LogP contribution in [-0.2, 0) is 4.79 Å². The van der Waals surface area contributed by atoms with E-state index >= 15 is 0 Å². The van der Waals surface area contributed by atoms with E-state index in [1.54, 1.807) is 19.3 Å². The van der Waals surface area contributed by atoms with Gasteiger partial charge in [-0.3, -0.25) is 9.78 Å². The fourth-order valence-electron chi connectivity index (χ4n) is 0.827. The second-order valence-corrected chi connectivity index (χ2v) is 3.45. The summed E-state index contributed by atoms with van der Waals surface area (Å²) in [4.78, 5) is 15.1. The smallest absolute Gasteiger partial charge is 0.242 e. The highest BCUT2D eigenvalue weighted by Gasteiger charge is 2.09. The van der Waals surface area contributed by atoms with Gasteiger partial charge >= 0.3 is 0 Å². The van der Waals surface area contributed by atoms with E-state index in [4.69, 9.17) is 11.6 Å². The summed E-state index contributed by atoms with van der Waals surface area (Å²) in [6.07, 6.45) is 3.28. The molecule has 0 spiro atoms. The molecule has 0 saturated carbocycles. The van der Waals surface area contributed by atoms with Crippen LogP contribution in [0.4, 0.5) is 5.69 Å². The molecule has 1 amide bonds. The lowest BCUT2D eigenvalue weighted by Gasteiger charge is -2.07. The minimum atomic E-state index is -0.528. The van der Waals surface area contributed by atoms with Crippen molar-refractivity contribution in [2.75, 3.05) is 5.32 Å².